The van der Waals surface area contributed by atoms with Gasteiger partial charge in [0.2, 0.25) is 0 Å². The normalized spacial score (nSPS) is 27.9. The van der Waals surface area contributed by atoms with E-state index in [1.807, 2.05) is 11.6 Å². The van der Waals surface area contributed by atoms with Gasteiger partial charge in [-0.1, -0.05) is 6.92 Å². The van der Waals surface area contributed by atoms with Crippen LogP contribution in [0.4, 0.5) is 0 Å². The molecule has 1 aliphatic heterocycles. The number of thioether (sulfide) groups is 2. The average molecular weight is 274 g/mol. The molecule has 3 atom stereocenters. The summed E-state index contributed by atoms with van der Waals surface area (Å²) < 4.78 is 0. The van der Waals surface area contributed by atoms with Crippen LogP contribution >= 0.6 is 34.9 Å². The SMILES string of the molecule is CCC1SCCSC1C(N)Cc1nccs1. The average Bonchev–Trinajstić information content (AvgIpc) is 2.81. The third kappa shape index (κ3) is 3.15. The van der Waals surface area contributed by atoms with E-state index in [4.69, 9.17) is 5.73 Å². The molecule has 0 aliphatic carbocycles. The molecule has 2 nitrogen and oxygen atoms in total. The monoisotopic (exact) mass is 274 g/mol. The van der Waals surface area contributed by atoms with Gasteiger partial charge in [0, 0.05) is 46.0 Å². The van der Waals surface area contributed by atoms with E-state index < -0.39 is 0 Å². The number of thiazole rings is 1. The molecule has 2 N–H and O–H groups in total. The Hall–Kier alpha value is 0.290. The third-order valence-corrected chi connectivity index (χ3v) is 7.04. The minimum atomic E-state index is 0.258. The van der Waals surface area contributed by atoms with E-state index in [1.54, 1.807) is 11.3 Å². The number of hydrogen-bond donors (Lipinski definition) is 1. The van der Waals surface area contributed by atoms with E-state index >= 15 is 0 Å². The largest absolute Gasteiger partial charge is 0.326 e. The van der Waals surface area contributed by atoms with Gasteiger partial charge in [-0.3, -0.25) is 0 Å². The van der Waals surface area contributed by atoms with Crippen molar-refractivity contribution >= 4 is 34.9 Å². The number of nitrogens with two attached hydrogens (primary N) is 1. The standard InChI is InChI=1S/C11H18N2S3/c1-2-9-11(16-6-5-14-9)8(12)7-10-13-3-4-15-10/h3-4,8-9,11H,2,5-7,12H2,1H3. The molecule has 0 amide bonds. The highest BCUT2D eigenvalue weighted by Gasteiger charge is 2.30. The van der Waals surface area contributed by atoms with Crippen molar-refractivity contribution in [1.82, 2.24) is 4.98 Å². The molecule has 0 bridgehead atoms. The van der Waals surface area contributed by atoms with Gasteiger partial charge in [-0.2, -0.15) is 23.5 Å². The summed E-state index contributed by atoms with van der Waals surface area (Å²) in [4.78, 5) is 4.32. The summed E-state index contributed by atoms with van der Waals surface area (Å²) in [7, 11) is 0. The molecular formula is C11H18N2S3. The summed E-state index contributed by atoms with van der Waals surface area (Å²) >= 11 is 5.87. The summed E-state index contributed by atoms with van der Waals surface area (Å²) in [6.45, 7) is 2.27. The zero-order valence-electron chi connectivity index (χ0n) is 9.46. The Labute approximate surface area is 110 Å². The van der Waals surface area contributed by atoms with E-state index in [0.717, 1.165) is 11.7 Å². The van der Waals surface area contributed by atoms with Crippen molar-refractivity contribution in [2.75, 3.05) is 11.5 Å². The van der Waals surface area contributed by atoms with Crippen LogP contribution in [-0.4, -0.2) is 33.0 Å². The van der Waals surface area contributed by atoms with Gasteiger partial charge >= 0.3 is 0 Å². The molecule has 5 heteroatoms. The smallest absolute Gasteiger partial charge is 0.0940 e. The molecule has 2 heterocycles. The van der Waals surface area contributed by atoms with Crippen molar-refractivity contribution in [3.05, 3.63) is 16.6 Å². The van der Waals surface area contributed by atoms with E-state index in [-0.39, 0.29) is 6.04 Å². The lowest BCUT2D eigenvalue weighted by atomic mass is 10.1. The summed E-state index contributed by atoms with van der Waals surface area (Å²) in [5.74, 6) is 2.53. The fourth-order valence-corrected chi connectivity index (χ4v) is 5.89. The Kier molecular flexibility index (Phi) is 5.00. The molecule has 0 aromatic carbocycles. The third-order valence-electron chi connectivity index (χ3n) is 2.81. The number of hydrogen-bond acceptors (Lipinski definition) is 5. The van der Waals surface area contributed by atoms with Crippen LogP contribution in [0, 0.1) is 0 Å². The maximum absolute atomic E-state index is 6.34. The molecule has 1 fully saturated rings. The van der Waals surface area contributed by atoms with E-state index in [9.17, 15) is 0 Å². The van der Waals surface area contributed by atoms with Gasteiger partial charge in [0.1, 0.15) is 0 Å². The molecule has 0 saturated carbocycles. The molecule has 90 valence electrons. The van der Waals surface area contributed by atoms with Crippen molar-refractivity contribution in [1.29, 1.82) is 0 Å². The van der Waals surface area contributed by atoms with Crippen LogP contribution < -0.4 is 5.73 Å². The van der Waals surface area contributed by atoms with Crippen LogP contribution in [-0.2, 0) is 6.42 Å². The van der Waals surface area contributed by atoms with Crippen molar-refractivity contribution in [3.63, 3.8) is 0 Å². The number of aromatic nitrogens is 1. The Morgan fingerprint density at radius 3 is 3.00 bits per heavy atom. The van der Waals surface area contributed by atoms with Gasteiger partial charge in [-0.25, -0.2) is 4.98 Å². The maximum Gasteiger partial charge on any atom is 0.0940 e. The Morgan fingerprint density at radius 1 is 1.50 bits per heavy atom. The highest BCUT2D eigenvalue weighted by molar-refractivity contribution is 8.07. The molecule has 0 radical (unpaired) electrons. The molecule has 0 spiro atoms. The maximum atomic E-state index is 6.34. The van der Waals surface area contributed by atoms with Crippen molar-refractivity contribution < 1.29 is 0 Å². The fourth-order valence-electron chi connectivity index (χ4n) is 2.01. The second-order valence-electron chi connectivity index (χ2n) is 3.95. The summed E-state index contributed by atoms with van der Waals surface area (Å²) in [5.41, 5.74) is 6.34. The lowest BCUT2D eigenvalue weighted by Gasteiger charge is -2.33. The van der Waals surface area contributed by atoms with Crippen LogP contribution in [0.15, 0.2) is 11.6 Å². The topological polar surface area (TPSA) is 38.9 Å². The van der Waals surface area contributed by atoms with Gasteiger partial charge in [0.25, 0.3) is 0 Å². The highest BCUT2D eigenvalue weighted by atomic mass is 32.2. The van der Waals surface area contributed by atoms with Crippen LogP contribution in [0.25, 0.3) is 0 Å². The molecular weight excluding hydrogens is 256 g/mol. The molecule has 1 aromatic rings. The van der Waals surface area contributed by atoms with Gasteiger partial charge in [-0.15, -0.1) is 11.3 Å². The van der Waals surface area contributed by atoms with E-state index in [2.05, 4.69) is 35.4 Å². The molecule has 16 heavy (non-hydrogen) atoms. The summed E-state index contributed by atoms with van der Waals surface area (Å²) in [6.07, 6.45) is 4.03. The molecule has 1 saturated heterocycles. The Morgan fingerprint density at radius 2 is 2.31 bits per heavy atom. The second-order valence-corrected chi connectivity index (χ2v) is 7.56. The number of rotatable bonds is 4. The van der Waals surface area contributed by atoms with Gasteiger partial charge in [0.05, 0.1) is 5.01 Å². The van der Waals surface area contributed by atoms with Crippen LogP contribution in [0.1, 0.15) is 18.4 Å². The zero-order chi connectivity index (χ0) is 11.4. The Balaban J connectivity index is 1.94. The predicted molar refractivity (Wildman–Crippen MR) is 76.6 cm³/mol. The molecule has 3 unspecified atom stereocenters. The highest BCUT2D eigenvalue weighted by Crippen LogP contribution is 2.35. The first kappa shape index (κ1) is 12.7. The minimum absolute atomic E-state index is 0.258. The van der Waals surface area contributed by atoms with Crippen molar-refractivity contribution in [2.45, 2.75) is 36.3 Å². The van der Waals surface area contributed by atoms with E-state index in [0.29, 0.717) is 5.25 Å². The minimum Gasteiger partial charge on any atom is -0.326 e. The second kappa shape index (κ2) is 6.28. The van der Waals surface area contributed by atoms with Crippen LogP contribution in [0.5, 0.6) is 0 Å². The molecule has 2 rings (SSSR count). The quantitative estimate of drug-likeness (QED) is 0.916. The zero-order valence-corrected chi connectivity index (χ0v) is 11.9. The van der Waals surface area contributed by atoms with Gasteiger partial charge < -0.3 is 5.73 Å². The fraction of sp³-hybridized carbons (Fsp3) is 0.727. The lowest BCUT2D eigenvalue weighted by Crippen LogP contribution is -2.43. The molecule has 1 aromatic heterocycles. The predicted octanol–water partition coefficient (Wildman–Crippen LogP) is 2.64. The Bertz CT molecular complexity index is 302. The molecule has 1 aliphatic rings. The van der Waals surface area contributed by atoms with Gasteiger partial charge in [0.15, 0.2) is 0 Å². The summed E-state index contributed by atoms with van der Waals surface area (Å²) in [6, 6.07) is 0.258. The van der Waals surface area contributed by atoms with Crippen molar-refractivity contribution in [3.8, 4) is 0 Å². The number of nitrogens with zero attached hydrogens (tertiary/aromatic N) is 1. The van der Waals surface area contributed by atoms with Crippen molar-refractivity contribution in [2.24, 2.45) is 5.73 Å². The van der Waals surface area contributed by atoms with Gasteiger partial charge in [-0.05, 0) is 6.42 Å². The lowest BCUT2D eigenvalue weighted by molar-refractivity contribution is 0.596. The first-order valence-electron chi connectivity index (χ1n) is 5.68. The first-order chi connectivity index (χ1) is 7.81. The first-order valence-corrected chi connectivity index (χ1v) is 8.66. The van der Waals surface area contributed by atoms with Crippen LogP contribution in [0.3, 0.4) is 0 Å². The van der Waals surface area contributed by atoms with E-state index in [1.165, 1.54) is 22.9 Å². The summed E-state index contributed by atoms with van der Waals surface area (Å²) in [5, 5.41) is 4.54. The van der Waals surface area contributed by atoms with Crippen LogP contribution in [0.2, 0.25) is 0 Å².